The van der Waals surface area contributed by atoms with E-state index in [4.69, 9.17) is 0 Å². The second-order valence-corrected chi connectivity index (χ2v) is 7.75. The summed E-state index contributed by atoms with van der Waals surface area (Å²) >= 11 is 5.12. The Morgan fingerprint density at radius 1 is 1.18 bits per heavy atom. The zero-order valence-corrected chi connectivity index (χ0v) is 14.9. The summed E-state index contributed by atoms with van der Waals surface area (Å²) in [6, 6.07) is 11.0. The summed E-state index contributed by atoms with van der Waals surface area (Å²) in [4.78, 5) is 25.6. The molecule has 1 atom stereocenters. The number of anilines is 1. The molecule has 116 valence electrons. The van der Waals surface area contributed by atoms with Crippen molar-refractivity contribution >= 4 is 44.6 Å². The quantitative estimate of drug-likeness (QED) is 0.754. The fraction of sp³-hybridized carbons (Fsp3) is 0.250. The highest BCUT2D eigenvalue weighted by Gasteiger charge is 2.12. The molecule has 6 heteroatoms. The number of Topliss-reactive ketones (excluding diaryl/α,β-unsaturated/α-hetero) is 1. The van der Waals surface area contributed by atoms with Crippen LogP contribution in [0.5, 0.6) is 0 Å². The predicted molar refractivity (Wildman–Crippen MR) is 92.6 cm³/mol. The van der Waals surface area contributed by atoms with Crippen molar-refractivity contribution < 1.29 is 14.5 Å². The number of hydrogen-bond acceptors (Lipinski definition) is 3. The molecule has 0 radical (unpaired) electrons. The predicted octanol–water partition coefficient (Wildman–Crippen LogP) is 2.37. The number of thiophene rings is 1. The zero-order valence-electron chi connectivity index (χ0n) is 12.5. The van der Waals surface area contributed by atoms with Gasteiger partial charge in [0.2, 0.25) is 0 Å². The maximum atomic E-state index is 12.0. The van der Waals surface area contributed by atoms with Crippen molar-refractivity contribution in [1.82, 2.24) is 0 Å². The average molecular weight is 382 g/mol. The molecule has 0 aliphatic heterocycles. The molecule has 0 bridgehead atoms. The molecule has 2 aromatic rings. The number of ketones is 1. The van der Waals surface area contributed by atoms with Crippen LogP contribution in [-0.2, 0) is 11.3 Å². The van der Waals surface area contributed by atoms with Gasteiger partial charge in [0.15, 0.2) is 12.3 Å². The summed E-state index contributed by atoms with van der Waals surface area (Å²) < 4.78 is 1.10. The molecule has 0 spiro atoms. The van der Waals surface area contributed by atoms with Crippen molar-refractivity contribution in [2.24, 2.45) is 0 Å². The Labute approximate surface area is 142 Å². The van der Waals surface area contributed by atoms with E-state index in [1.54, 1.807) is 35.6 Å². The van der Waals surface area contributed by atoms with Gasteiger partial charge < -0.3 is 10.2 Å². The average Bonchev–Trinajstić information content (AvgIpc) is 2.84. The molecule has 0 aliphatic rings. The lowest BCUT2D eigenvalue weighted by Crippen LogP contribution is -3.08. The highest BCUT2D eigenvalue weighted by molar-refractivity contribution is 9.11. The standard InChI is InChI=1S/C16H17BrN2O2S/c1-11(20)12-3-5-13(6-4-12)18-16(21)10-19(2)9-14-7-8-15(17)22-14/h3-8H,9-10H2,1-2H3,(H,18,21)/p+1. The van der Waals surface area contributed by atoms with Gasteiger partial charge in [-0.3, -0.25) is 9.59 Å². The highest BCUT2D eigenvalue weighted by Crippen LogP contribution is 2.21. The van der Waals surface area contributed by atoms with E-state index in [0.717, 1.165) is 15.2 Å². The van der Waals surface area contributed by atoms with Gasteiger partial charge in [-0.25, -0.2) is 0 Å². The largest absolute Gasteiger partial charge is 0.325 e. The second-order valence-electron chi connectivity index (χ2n) is 5.20. The van der Waals surface area contributed by atoms with Crippen LogP contribution in [0.4, 0.5) is 5.69 Å². The third kappa shape index (κ3) is 5.05. The number of likely N-dealkylation sites (N-methyl/N-ethyl adjacent to an activating group) is 1. The Bertz CT molecular complexity index is 667. The summed E-state index contributed by atoms with van der Waals surface area (Å²) in [5, 5.41) is 2.85. The number of benzene rings is 1. The number of quaternary nitrogens is 1. The Morgan fingerprint density at radius 3 is 2.41 bits per heavy atom. The fourth-order valence-electron chi connectivity index (χ4n) is 2.07. The van der Waals surface area contributed by atoms with Crippen LogP contribution >= 0.6 is 27.3 Å². The number of carbonyl (C=O) groups is 2. The van der Waals surface area contributed by atoms with Crippen LogP contribution in [0.1, 0.15) is 22.2 Å². The topological polar surface area (TPSA) is 50.6 Å². The smallest absolute Gasteiger partial charge is 0.279 e. The van der Waals surface area contributed by atoms with Crippen LogP contribution < -0.4 is 10.2 Å². The van der Waals surface area contributed by atoms with Gasteiger partial charge in [0.05, 0.1) is 15.7 Å². The Balaban J connectivity index is 1.85. The molecule has 0 fully saturated rings. The monoisotopic (exact) mass is 381 g/mol. The van der Waals surface area contributed by atoms with Crippen molar-refractivity contribution in [1.29, 1.82) is 0 Å². The SMILES string of the molecule is CC(=O)c1ccc(NC(=O)C[NH+](C)Cc2ccc(Br)s2)cc1. The van der Waals surface area contributed by atoms with E-state index in [1.165, 1.54) is 11.8 Å². The molecule has 0 saturated carbocycles. The van der Waals surface area contributed by atoms with Crippen LogP contribution in [0.25, 0.3) is 0 Å². The zero-order chi connectivity index (χ0) is 16.1. The molecular weight excluding hydrogens is 364 g/mol. The molecular formula is C16H18BrN2O2S+. The summed E-state index contributed by atoms with van der Waals surface area (Å²) in [5.41, 5.74) is 1.35. The van der Waals surface area contributed by atoms with Gasteiger partial charge in [-0.05, 0) is 59.3 Å². The molecule has 1 aromatic carbocycles. The minimum absolute atomic E-state index is 0.0177. The van der Waals surface area contributed by atoms with Crippen LogP contribution in [0.15, 0.2) is 40.2 Å². The maximum absolute atomic E-state index is 12.0. The fourth-order valence-corrected chi connectivity index (χ4v) is 3.67. The van der Waals surface area contributed by atoms with Crippen molar-refractivity contribution in [3.63, 3.8) is 0 Å². The maximum Gasteiger partial charge on any atom is 0.279 e. The lowest BCUT2D eigenvalue weighted by molar-refractivity contribution is -0.884. The van der Waals surface area contributed by atoms with E-state index in [-0.39, 0.29) is 11.7 Å². The van der Waals surface area contributed by atoms with E-state index in [0.29, 0.717) is 17.8 Å². The van der Waals surface area contributed by atoms with Crippen LogP contribution in [0, 0.1) is 0 Å². The van der Waals surface area contributed by atoms with Crippen LogP contribution in [0.2, 0.25) is 0 Å². The number of nitrogens with one attached hydrogen (secondary N) is 2. The summed E-state index contributed by atoms with van der Waals surface area (Å²) in [6.45, 7) is 2.73. The minimum atomic E-state index is -0.0382. The van der Waals surface area contributed by atoms with Crippen molar-refractivity contribution in [3.05, 3.63) is 50.6 Å². The van der Waals surface area contributed by atoms with Gasteiger partial charge in [0, 0.05) is 11.3 Å². The van der Waals surface area contributed by atoms with Gasteiger partial charge in [-0.2, -0.15) is 0 Å². The molecule has 2 N–H and O–H groups in total. The third-order valence-corrected chi connectivity index (χ3v) is 4.77. The first-order valence-electron chi connectivity index (χ1n) is 6.90. The number of amides is 1. The third-order valence-electron chi connectivity index (χ3n) is 3.14. The van der Waals surface area contributed by atoms with Gasteiger partial charge in [0.25, 0.3) is 5.91 Å². The number of hydrogen-bond donors (Lipinski definition) is 2. The summed E-state index contributed by atoms with van der Waals surface area (Å²) in [7, 11) is 1.99. The summed E-state index contributed by atoms with van der Waals surface area (Å²) in [6.07, 6.45) is 0. The van der Waals surface area contributed by atoms with Gasteiger partial charge in [-0.1, -0.05) is 0 Å². The van der Waals surface area contributed by atoms with Crippen molar-refractivity contribution in [2.75, 3.05) is 18.9 Å². The number of carbonyl (C=O) groups excluding carboxylic acids is 2. The van der Waals surface area contributed by atoms with E-state index in [2.05, 4.69) is 27.3 Å². The number of halogens is 1. The minimum Gasteiger partial charge on any atom is -0.325 e. The normalized spacial score (nSPS) is 12.0. The Hall–Kier alpha value is -1.50. The van der Waals surface area contributed by atoms with Crippen LogP contribution in [-0.4, -0.2) is 25.3 Å². The molecule has 0 saturated heterocycles. The van der Waals surface area contributed by atoms with E-state index >= 15 is 0 Å². The summed E-state index contributed by atoms with van der Waals surface area (Å²) in [5.74, 6) is -0.0205. The van der Waals surface area contributed by atoms with E-state index in [9.17, 15) is 9.59 Å². The first-order valence-corrected chi connectivity index (χ1v) is 8.51. The van der Waals surface area contributed by atoms with E-state index in [1.807, 2.05) is 13.1 Å². The molecule has 1 unspecified atom stereocenters. The van der Waals surface area contributed by atoms with Crippen molar-refractivity contribution in [3.8, 4) is 0 Å². The van der Waals surface area contributed by atoms with Gasteiger partial charge in [-0.15, -0.1) is 11.3 Å². The Morgan fingerprint density at radius 2 is 1.86 bits per heavy atom. The second kappa shape index (κ2) is 7.67. The molecule has 0 aliphatic carbocycles. The van der Waals surface area contributed by atoms with Crippen LogP contribution in [0.3, 0.4) is 0 Å². The van der Waals surface area contributed by atoms with Gasteiger partial charge >= 0.3 is 0 Å². The molecule has 1 heterocycles. The lowest BCUT2D eigenvalue weighted by atomic mass is 10.1. The highest BCUT2D eigenvalue weighted by atomic mass is 79.9. The molecule has 4 nitrogen and oxygen atoms in total. The van der Waals surface area contributed by atoms with E-state index < -0.39 is 0 Å². The molecule has 1 aromatic heterocycles. The molecule has 1 amide bonds. The first-order chi connectivity index (χ1) is 10.4. The first kappa shape index (κ1) is 16.9. The lowest BCUT2D eigenvalue weighted by Gasteiger charge is -2.13. The molecule has 22 heavy (non-hydrogen) atoms. The molecule has 2 rings (SSSR count). The Kier molecular flexibility index (Phi) is 5.88. The van der Waals surface area contributed by atoms with Crippen molar-refractivity contribution in [2.45, 2.75) is 13.5 Å². The number of rotatable bonds is 6. The van der Waals surface area contributed by atoms with Gasteiger partial charge in [0.1, 0.15) is 6.54 Å².